The van der Waals surface area contributed by atoms with Crippen molar-refractivity contribution in [2.75, 3.05) is 0 Å². The Morgan fingerprint density at radius 2 is 1.63 bits per heavy atom. The van der Waals surface area contributed by atoms with E-state index in [4.69, 9.17) is 0 Å². The van der Waals surface area contributed by atoms with Crippen molar-refractivity contribution in [2.24, 2.45) is 0 Å². The Kier molecular flexibility index (Phi) is 5.65. The SMILES string of the molecule is C=CCC1(NCc2ccccc2)CCCCCCC1. The molecule has 1 heteroatoms. The average Bonchev–Trinajstić information content (AvgIpc) is 2.42. The number of hydrogen-bond acceptors (Lipinski definition) is 1. The molecule has 1 N–H and O–H groups in total. The molecular weight excluding hydrogens is 230 g/mol. The van der Waals surface area contributed by atoms with Gasteiger partial charge < -0.3 is 5.32 Å². The molecule has 2 rings (SSSR count). The van der Waals surface area contributed by atoms with Crippen molar-refractivity contribution in [1.29, 1.82) is 0 Å². The Bertz CT molecular complexity index is 361. The molecule has 0 aliphatic heterocycles. The molecule has 0 atom stereocenters. The molecule has 1 fully saturated rings. The van der Waals surface area contributed by atoms with E-state index in [0.29, 0.717) is 0 Å². The third kappa shape index (κ3) is 4.50. The van der Waals surface area contributed by atoms with Crippen LogP contribution in [0.15, 0.2) is 43.0 Å². The molecule has 1 nitrogen and oxygen atoms in total. The van der Waals surface area contributed by atoms with Crippen molar-refractivity contribution in [3.05, 3.63) is 48.6 Å². The van der Waals surface area contributed by atoms with Crippen LogP contribution in [0.1, 0.15) is 56.9 Å². The molecule has 1 aliphatic carbocycles. The van der Waals surface area contributed by atoms with E-state index in [9.17, 15) is 0 Å². The van der Waals surface area contributed by atoms with Gasteiger partial charge in [-0.3, -0.25) is 0 Å². The molecule has 0 unspecified atom stereocenters. The van der Waals surface area contributed by atoms with Crippen LogP contribution in [0, 0.1) is 0 Å². The highest BCUT2D eigenvalue weighted by Crippen LogP contribution is 2.30. The van der Waals surface area contributed by atoms with Crippen molar-refractivity contribution >= 4 is 0 Å². The summed E-state index contributed by atoms with van der Waals surface area (Å²) in [7, 11) is 0. The van der Waals surface area contributed by atoms with E-state index >= 15 is 0 Å². The zero-order valence-electron chi connectivity index (χ0n) is 12.0. The van der Waals surface area contributed by atoms with E-state index in [1.807, 2.05) is 0 Å². The molecule has 1 aromatic rings. The van der Waals surface area contributed by atoms with E-state index in [0.717, 1.165) is 13.0 Å². The van der Waals surface area contributed by atoms with Crippen LogP contribution in [0.5, 0.6) is 0 Å². The maximum atomic E-state index is 3.97. The lowest BCUT2D eigenvalue weighted by Crippen LogP contribution is -2.44. The van der Waals surface area contributed by atoms with Crippen LogP contribution < -0.4 is 5.32 Å². The molecule has 1 saturated carbocycles. The van der Waals surface area contributed by atoms with Gasteiger partial charge in [0.2, 0.25) is 0 Å². The molecule has 1 aromatic carbocycles. The Hall–Kier alpha value is -1.08. The number of benzene rings is 1. The van der Waals surface area contributed by atoms with Gasteiger partial charge in [0.05, 0.1) is 0 Å². The number of hydrogen-bond donors (Lipinski definition) is 1. The van der Waals surface area contributed by atoms with Gasteiger partial charge in [-0.15, -0.1) is 6.58 Å². The van der Waals surface area contributed by atoms with Crippen molar-refractivity contribution in [3.63, 3.8) is 0 Å². The minimum atomic E-state index is 0.290. The molecule has 0 amide bonds. The predicted octanol–water partition coefficient (Wildman–Crippen LogP) is 4.84. The summed E-state index contributed by atoms with van der Waals surface area (Å²) in [6.45, 7) is 4.95. The summed E-state index contributed by atoms with van der Waals surface area (Å²) in [4.78, 5) is 0. The first-order chi connectivity index (χ1) is 9.35. The Labute approximate surface area is 118 Å². The Morgan fingerprint density at radius 3 is 2.26 bits per heavy atom. The van der Waals surface area contributed by atoms with Gasteiger partial charge >= 0.3 is 0 Å². The maximum absolute atomic E-state index is 3.97. The summed E-state index contributed by atoms with van der Waals surface area (Å²) in [5.74, 6) is 0. The normalized spacial score (nSPS) is 19.4. The number of rotatable bonds is 5. The van der Waals surface area contributed by atoms with Crippen LogP contribution in [0.2, 0.25) is 0 Å². The summed E-state index contributed by atoms with van der Waals surface area (Å²) in [5.41, 5.74) is 1.67. The second kappa shape index (κ2) is 7.49. The molecular formula is C18H27N. The Morgan fingerprint density at radius 1 is 1.00 bits per heavy atom. The molecule has 1 aliphatic rings. The standard InChI is InChI=1S/C18H27N/c1-2-13-18(14-9-4-3-5-10-15-18)19-16-17-11-7-6-8-12-17/h2,6-8,11-12,19H,1,3-5,9-10,13-16H2. The van der Waals surface area contributed by atoms with E-state index in [-0.39, 0.29) is 5.54 Å². The highest BCUT2D eigenvalue weighted by molar-refractivity contribution is 5.15. The van der Waals surface area contributed by atoms with Gasteiger partial charge in [0.1, 0.15) is 0 Å². The van der Waals surface area contributed by atoms with Crippen LogP contribution in [0.3, 0.4) is 0 Å². The first kappa shape index (κ1) is 14.3. The minimum absolute atomic E-state index is 0.290. The smallest absolute Gasteiger partial charge is 0.0219 e. The van der Waals surface area contributed by atoms with Crippen molar-refractivity contribution in [2.45, 2.75) is 63.5 Å². The fourth-order valence-electron chi connectivity index (χ4n) is 3.20. The zero-order chi connectivity index (χ0) is 13.4. The van der Waals surface area contributed by atoms with Crippen molar-refractivity contribution < 1.29 is 0 Å². The topological polar surface area (TPSA) is 12.0 Å². The van der Waals surface area contributed by atoms with Crippen LogP contribution in [-0.4, -0.2) is 5.54 Å². The predicted molar refractivity (Wildman–Crippen MR) is 83.1 cm³/mol. The average molecular weight is 257 g/mol. The molecule has 0 radical (unpaired) electrons. The van der Waals surface area contributed by atoms with E-state index in [1.54, 1.807) is 0 Å². The Balaban J connectivity index is 1.98. The second-order valence-electron chi connectivity index (χ2n) is 5.88. The van der Waals surface area contributed by atoms with Gasteiger partial charge in [0.25, 0.3) is 0 Å². The van der Waals surface area contributed by atoms with Gasteiger partial charge in [0, 0.05) is 12.1 Å². The lowest BCUT2D eigenvalue weighted by molar-refractivity contribution is 0.249. The first-order valence-electron chi connectivity index (χ1n) is 7.74. The molecule has 19 heavy (non-hydrogen) atoms. The second-order valence-corrected chi connectivity index (χ2v) is 5.88. The highest BCUT2D eigenvalue weighted by atomic mass is 15.0. The van der Waals surface area contributed by atoms with Gasteiger partial charge in [-0.1, -0.05) is 68.5 Å². The fraction of sp³-hybridized carbons (Fsp3) is 0.556. The third-order valence-electron chi connectivity index (χ3n) is 4.36. The summed E-state index contributed by atoms with van der Waals surface area (Å²) < 4.78 is 0. The third-order valence-corrected chi connectivity index (χ3v) is 4.36. The molecule has 0 spiro atoms. The molecule has 0 heterocycles. The summed E-state index contributed by atoms with van der Waals surface area (Å²) in [6, 6.07) is 10.7. The first-order valence-corrected chi connectivity index (χ1v) is 7.74. The largest absolute Gasteiger partial charge is 0.307 e. The van der Waals surface area contributed by atoms with E-state index < -0.39 is 0 Å². The quantitative estimate of drug-likeness (QED) is 0.745. The van der Waals surface area contributed by atoms with Crippen LogP contribution in [-0.2, 0) is 6.54 Å². The zero-order valence-corrected chi connectivity index (χ0v) is 12.0. The highest BCUT2D eigenvalue weighted by Gasteiger charge is 2.28. The van der Waals surface area contributed by atoms with Gasteiger partial charge in [-0.05, 0) is 24.8 Å². The van der Waals surface area contributed by atoms with Gasteiger partial charge in [-0.2, -0.15) is 0 Å². The van der Waals surface area contributed by atoms with Gasteiger partial charge in [-0.25, -0.2) is 0 Å². The van der Waals surface area contributed by atoms with Crippen LogP contribution in [0.4, 0.5) is 0 Å². The fourth-order valence-corrected chi connectivity index (χ4v) is 3.20. The summed E-state index contributed by atoms with van der Waals surface area (Å²) >= 11 is 0. The lowest BCUT2D eigenvalue weighted by atomic mass is 9.81. The molecule has 104 valence electrons. The van der Waals surface area contributed by atoms with Crippen molar-refractivity contribution in [3.8, 4) is 0 Å². The van der Waals surface area contributed by atoms with Crippen LogP contribution in [0.25, 0.3) is 0 Å². The summed E-state index contributed by atoms with van der Waals surface area (Å²) in [5, 5.41) is 3.85. The summed E-state index contributed by atoms with van der Waals surface area (Å²) in [6.07, 6.45) is 12.7. The lowest BCUT2D eigenvalue weighted by Gasteiger charge is -2.36. The molecule has 0 bridgehead atoms. The molecule has 0 saturated heterocycles. The van der Waals surface area contributed by atoms with E-state index in [2.05, 4.69) is 48.3 Å². The van der Waals surface area contributed by atoms with E-state index in [1.165, 1.54) is 50.5 Å². The number of nitrogens with one attached hydrogen (secondary N) is 1. The maximum Gasteiger partial charge on any atom is 0.0219 e. The van der Waals surface area contributed by atoms with Crippen LogP contribution >= 0.6 is 0 Å². The van der Waals surface area contributed by atoms with Crippen molar-refractivity contribution in [1.82, 2.24) is 5.32 Å². The molecule has 0 aromatic heterocycles. The minimum Gasteiger partial charge on any atom is -0.307 e. The van der Waals surface area contributed by atoms with Gasteiger partial charge in [0.15, 0.2) is 0 Å². The monoisotopic (exact) mass is 257 g/mol.